The first-order chi connectivity index (χ1) is 9.01. The van der Waals surface area contributed by atoms with Gasteiger partial charge in [-0.05, 0) is 49.9 Å². The number of nitrogens with zero attached hydrogens (tertiary/aromatic N) is 1. The summed E-state index contributed by atoms with van der Waals surface area (Å²) in [7, 11) is 0. The summed E-state index contributed by atoms with van der Waals surface area (Å²) in [5.74, 6) is -0.366. The normalized spacial score (nSPS) is 26.4. The maximum atomic E-state index is 13.3. The summed E-state index contributed by atoms with van der Waals surface area (Å²) in [6.45, 7) is 5.74. The standard InChI is InChI=1S/C15H22F2N2/c1-10-3-4-19(15(5-10)9-18)11(2)12-6-13(16)8-14(17)7-12/h6-8,10-11,15H,3-5,9,18H2,1-2H3. The average molecular weight is 268 g/mol. The van der Waals surface area contributed by atoms with Crippen molar-refractivity contribution in [2.75, 3.05) is 13.1 Å². The average Bonchev–Trinajstić information content (AvgIpc) is 2.36. The largest absolute Gasteiger partial charge is 0.329 e. The van der Waals surface area contributed by atoms with Crippen LogP contribution >= 0.6 is 0 Å². The van der Waals surface area contributed by atoms with Gasteiger partial charge in [0.25, 0.3) is 0 Å². The molecule has 1 aromatic rings. The van der Waals surface area contributed by atoms with E-state index in [0.29, 0.717) is 24.1 Å². The second kappa shape index (κ2) is 5.97. The van der Waals surface area contributed by atoms with Crippen LogP contribution in [0, 0.1) is 17.6 Å². The molecule has 2 nitrogen and oxygen atoms in total. The number of likely N-dealkylation sites (tertiary alicyclic amines) is 1. The van der Waals surface area contributed by atoms with Crippen LogP contribution in [0.5, 0.6) is 0 Å². The third-order valence-electron chi connectivity index (χ3n) is 4.16. The van der Waals surface area contributed by atoms with Gasteiger partial charge in [0.1, 0.15) is 11.6 Å². The van der Waals surface area contributed by atoms with Crippen LogP contribution in [0.25, 0.3) is 0 Å². The molecule has 3 unspecified atom stereocenters. The van der Waals surface area contributed by atoms with Gasteiger partial charge in [-0.15, -0.1) is 0 Å². The summed E-state index contributed by atoms with van der Waals surface area (Å²) in [5.41, 5.74) is 6.53. The van der Waals surface area contributed by atoms with Gasteiger partial charge in [-0.1, -0.05) is 6.92 Å². The Labute approximate surface area is 113 Å². The van der Waals surface area contributed by atoms with Gasteiger partial charge >= 0.3 is 0 Å². The summed E-state index contributed by atoms with van der Waals surface area (Å²) >= 11 is 0. The highest BCUT2D eigenvalue weighted by Crippen LogP contribution is 2.30. The van der Waals surface area contributed by atoms with Crippen molar-refractivity contribution in [3.63, 3.8) is 0 Å². The number of benzene rings is 1. The first-order valence-electron chi connectivity index (χ1n) is 6.93. The molecule has 0 saturated carbocycles. The third kappa shape index (κ3) is 3.31. The molecule has 4 heteroatoms. The molecule has 0 bridgehead atoms. The molecule has 1 heterocycles. The van der Waals surface area contributed by atoms with Gasteiger partial charge < -0.3 is 5.73 Å². The van der Waals surface area contributed by atoms with E-state index in [1.807, 2.05) is 6.92 Å². The first-order valence-corrected chi connectivity index (χ1v) is 6.93. The zero-order valence-electron chi connectivity index (χ0n) is 11.6. The molecular formula is C15H22F2N2. The van der Waals surface area contributed by atoms with Crippen LogP contribution in [0.3, 0.4) is 0 Å². The Morgan fingerprint density at radius 1 is 1.32 bits per heavy atom. The molecule has 1 aliphatic heterocycles. The molecule has 2 rings (SSSR count). The fourth-order valence-corrected chi connectivity index (χ4v) is 3.02. The molecule has 0 radical (unpaired) electrons. The van der Waals surface area contributed by atoms with Crippen LogP contribution < -0.4 is 5.73 Å². The maximum absolute atomic E-state index is 13.3. The van der Waals surface area contributed by atoms with E-state index in [2.05, 4.69) is 11.8 Å². The Morgan fingerprint density at radius 2 is 1.95 bits per heavy atom. The van der Waals surface area contributed by atoms with Gasteiger partial charge in [0, 0.05) is 24.7 Å². The van der Waals surface area contributed by atoms with Gasteiger partial charge in [0.05, 0.1) is 0 Å². The number of nitrogens with two attached hydrogens (primary N) is 1. The fourth-order valence-electron chi connectivity index (χ4n) is 3.02. The van der Waals surface area contributed by atoms with Crippen LogP contribution in [0.15, 0.2) is 18.2 Å². The van der Waals surface area contributed by atoms with Crippen molar-refractivity contribution >= 4 is 0 Å². The van der Waals surface area contributed by atoms with Crippen molar-refractivity contribution in [2.45, 2.75) is 38.8 Å². The molecule has 19 heavy (non-hydrogen) atoms. The minimum Gasteiger partial charge on any atom is -0.329 e. The lowest BCUT2D eigenvalue weighted by molar-refractivity contribution is 0.0831. The van der Waals surface area contributed by atoms with E-state index < -0.39 is 11.6 Å². The molecule has 0 amide bonds. The van der Waals surface area contributed by atoms with E-state index in [4.69, 9.17) is 5.73 Å². The van der Waals surface area contributed by atoms with Crippen molar-refractivity contribution in [1.82, 2.24) is 4.90 Å². The topological polar surface area (TPSA) is 29.3 Å². The Hall–Kier alpha value is -1.00. The number of rotatable bonds is 3. The zero-order chi connectivity index (χ0) is 14.0. The second-order valence-electron chi connectivity index (χ2n) is 5.64. The highest BCUT2D eigenvalue weighted by atomic mass is 19.1. The SMILES string of the molecule is CC1CCN(C(C)c2cc(F)cc(F)c2)C(CN)C1. The molecule has 1 aromatic carbocycles. The minimum absolute atomic E-state index is 0.00810. The highest BCUT2D eigenvalue weighted by molar-refractivity contribution is 5.21. The summed E-state index contributed by atoms with van der Waals surface area (Å²) in [6, 6.07) is 4.03. The first kappa shape index (κ1) is 14.4. The molecule has 3 atom stereocenters. The molecule has 106 valence electrons. The van der Waals surface area contributed by atoms with E-state index in [0.717, 1.165) is 25.5 Å². The van der Waals surface area contributed by atoms with E-state index in [-0.39, 0.29) is 6.04 Å². The van der Waals surface area contributed by atoms with Gasteiger partial charge in [-0.3, -0.25) is 4.90 Å². The van der Waals surface area contributed by atoms with Crippen LogP contribution in [0.4, 0.5) is 8.78 Å². The lowest BCUT2D eigenvalue weighted by atomic mass is 9.90. The summed E-state index contributed by atoms with van der Waals surface area (Å²) < 4.78 is 26.6. The Balaban J connectivity index is 2.19. The van der Waals surface area contributed by atoms with Crippen molar-refractivity contribution in [1.29, 1.82) is 0 Å². The smallest absolute Gasteiger partial charge is 0.126 e. The van der Waals surface area contributed by atoms with Crippen LogP contribution in [-0.4, -0.2) is 24.0 Å². The van der Waals surface area contributed by atoms with E-state index in [9.17, 15) is 8.78 Å². The lowest BCUT2D eigenvalue weighted by Crippen LogP contribution is -2.47. The Morgan fingerprint density at radius 3 is 2.53 bits per heavy atom. The van der Waals surface area contributed by atoms with E-state index in [1.165, 1.54) is 12.1 Å². The molecule has 0 aromatic heterocycles. The van der Waals surface area contributed by atoms with Crippen molar-refractivity contribution < 1.29 is 8.78 Å². The van der Waals surface area contributed by atoms with Gasteiger partial charge in [-0.25, -0.2) is 8.78 Å². The molecule has 2 N–H and O–H groups in total. The lowest BCUT2D eigenvalue weighted by Gasteiger charge is -2.41. The maximum Gasteiger partial charge on any atom is 0.126 e. The fraction of sp³-hybridized carbons (Fsp3) is 0.600. The van der Waals surface area contributed by atoms with Crippen molar-refractivity contribution in [3.8, 4) is 0 Å². The Kier molecular flexibility index (Phi) is 4.53. The molecule has 1 aliphatic rings. The predicted molar refractivity (Wildman–Crippen MR) is 72.7 cm³/mol. The predicted octanol–water partition coefficient (Wildman–Crippen LogP) is 3.09. The quantitative estimate of drug-likeness (QED) is 0.912. The van der Waals surface area contributed by atoms with Crippen LogP contribution in [0.1, 0.15) is 38.3 Å². The van der Waals surface area contributed by atoms with Crippen LogP contribution in [-0.2, 0) is 0 Å². The van der Waals surface area contributed by atoms with Gasteiger partial charge in [0.15, 0.2) is 0 Å². The Bertz CT molecular complexity index is 416. The van der Waals surface area contributed by atoms with Gasteiger partial charge in [-0.2, -0.15) is 0 Å². The molecule has 1 saturated heterocycles. The second-order valence-corrected chi connectivity index (χ2v) is 5.64. The van der Waals surface area contributed by atoms with Gasteiger partial charge in [0.2, 0.25) is 0 Å². The highest BCUT2D eigenvalue weighted by Gasteiger charge is 2.29. The minimum atomic E-state index is -0.517. The zero-order valence-corrected chi connectivity index (χ0v) is 11.6. The van der Waals surface area contributed by atoms with Crippen molar-refractivity contribution in [3.05, 3.63) is 35.4 Å². The van der Waals surface area contributed by atoms with Crippen LogP contribution in [0.2, 0.25) is 0 Å². The monoisotopic (exact) mass is 268 g/mol. The van der Waals surface area contributed by atoms with E-state index >= 15 is 0 Å². The number of hydrogen-bond acceptors (Lipinski definition) is 2. The van der Waals surface area contributed by atoms with Crippen molar-refractivity contribution in [2.24, 2.45) is 11.7 Å². The third-order valence-corrected chi connectivity index (χ3v) is 4.16. The summed E-state index contributed by atoms with van der Waals surface area (Å²) in [6.07, 6.45) is 2.16. The summed E-state index contributed by atoms with van der Waals surface area (Å²) in [4.78, 5) is 2.27. The molecule has 0 spiro atoms. The number of hydrogen-bond donors (Lipinski definition) is 1. The number of piperidine rings is 1. The molecular weight excluding hydrogens is 246 g/mol. The molecule has 1 fully saturated rings. The number of halogens is 2. The van der Waals surface area contributed by atoms with E-state index in [1.54, 1.807) is 0 Å². The summed E-state index contributed by atoms with van der Waals surface area (Å²) in [5, 5.41) is 0. The molecule has 0 aliphatic carbocycles.